The second-order valence-corrected chi connectivity index (χ2v) is 6.08. The molecule has 3 rings (SSSR count). The standard InChI is InChI=1S/C17H17FN4O5/c1-17(27-16(24)21-25)10-22(15(23)20-17)9-11-2-5-13(6-3-11)26-14-7-4-12(18)8-19-14/h2-8,25H,9-10H2,1H3,(H,20,23)(H,21,24)/t17-/m1/s1. The molecule has 3 amide bonds. The van der Waals surface area contributed by atoms with E-state index in [9.17, 15) is 14.0 Å². The van der Waals surface area contributed by atoms with Crippen LogP contribution in [0.15, 0.2) is 42.6 Å². The van der Waals surface area contributed by atoms with Crippen LogP contribution in [0.1, 0.15) is 12.5 Å². The number of aromatic nitrogens is 1. The third-order valence-electron chi connectivity index (χ3n) is 3.78. The number of benzene rings is 1. The van der Waals surface area contributed by atoms with E-state index in [1.807, 2.05) is 0 Å². The Hall–Kier alpha value is -3.40. The minimum absolute atomic E-state index is 0.108. The van der Waals surface area contributed by atoms with Gasteiger partial charge in [0.15, 0.2) is 0 Å². The molecule has 1 aromatic carbocycles. The van der Waals surface area contributed by atoms with Crippen molar-refractivity contribution < 1.29 is 28.7 Å². The minimum Gasteiger partial charge on any atom is -0.439 e. The van der Waals surface area contributed by atoms with Gasteiger partial charge >= 0.3 is 12.1 Å². The number of pyridine rings is 1. The van der Waals surface area contributed by atoms with Gasteiger partial charge in [0.2, 0.25) is 11.6 Å². The fourth-order valence-corrected chi connectivity index (χ4v) is 2.62. The summed E-state index contributed by atoms with van der Waals surface area (Å²) in [4.78, 5) is 28.5. The predicted octanol–water partition coefficient (Wildman–Crippen LogP) is 2.37. The Balaban J connectivity index is 1.60. The highest BCUT2D eigenvalue weighted by molar-refractivity contribution is 5.78. The Kier molecular flexibility index (Phi) is 5.08. The fraction of sp³-hybridized carbons (Fsp3) is 0.235. The Bertz CT molecular complexity index is 830. The van der Waals surface area contributed by atoms with Gasteiger partial charge in [-0.3, -0.25) is 10.5 Å². The molecule has 0 bridgehead atoms. The summed E-state index contributed by atoms with van der Waals surface area (Å²) in [6.45, 7) is 1.91. The normalized spacial score (nSPS) is 18.8. The van der Waals surface area contributed by atoms with Gasteiger partial charge in [0, 0.05) is 12.6 Å². The minimum atomic E-state index is -1.25. The van der Waals surface area contributed by atoms with Crippen molar-refractivity contribution in [3.8, 4) is 11.6 Å². The van der Waals surface area contributed by atoms with Crippen molar-refractivity contribution in [1.82, 2.24) is 20.7 Å². The molecule has 0 spiro atoms. The number of carbonyl (C=O) groups is 2. The van der Waals surface area contributed by atoms with E-state index in [4.69, 9.17) is 14.7 Å². The van der Waals surface area contributed by atoms with E-state index in [-0.39, 0.29) is 19.0 Å². The SMILES string of the molecule is C[C@@]1(OC(=O)NO)CN(Cc2ccc(Oc3ccc(F)cn3)cc2)C(=O)N1. The number of hydrogen-bond donors (Lipinski definition) is 3. The van der Waals surface area contributed by atoms with E-state index in [1.165, 1.54) is 29.4 Å². The van der Waals surface area contributed by atoms with E-state index in [0.29, 0.717) is 5.75 Å². The highest BCUT2D eigenvalue weighted by Crippen LogP contribution is 2.23. The van der Waals surface area contributed by atoms with Gasteiger partial charge in [-0.2, -0.15) is 0 Å². The molecule has 142 valence electrons. The van der Waals surface area contributed by atoms with Gasteiger partial charge in [-0.05, 0) is 30.7 Å². The molecule has 0 aliphatic carbocycles. The molecule has 0 radical (unpaired) electrons. The molecule has 1 aromatic heterocycles. The highest BCUT2D eigenvalue weighted by atomic mass is 19.1. The lowest BCUT2D eigenvalue weighted by atomic mass is 10.2. The molecule has 9 nitrogen and oxygen atoms in total. The van der Waals surface area contributed by atoms with Crippen molar-refractivity contribution in [3.05, 3.63) is 54.0 Å². The lowest BCUT2D eigenvalue weighted by molar-refractivity contribution is -0.00436. The Morgan fingerprint density at radius 1 is 1.37 bits per heavy atom. The average Bonchev–Trinajstić information content (AvgIpc) is 2.91. The topological polar surface area (TPSA) is 113 Å². The first-order valence-corrected chi connectivity index (χ1v) is 7.95. The second-order valence-electron chi connectivity index (χ2n) is 6.08. The first-order chi connectivity index (χ1) is 12.9. The number of carbonyl (C=O) groups excluding carboxylic acids is 2. The van der Waals surface area contributed by atoms with Crippen LogP contribution in [0.4, 0.5) is 14.0 Å². The van der Waals surface area contributed by atoms with Crippen LogP contribution in [0.3, 0.4) is 0 Å². The van der Waals surface area contributed by atoms with Gasteiger partial charge in [-0.1, -0.05) is 12.1 Å². The van der Waals surface area contributed by atoms with E-state index in [1.54, 1.807) is 24.3 Å². The zero-order chi connectivity index (χ0) is 19.4. The van der Waals surface area contributed by atoms with Crippen molar-refractivity contribution in [2.75, 3.05) is 6.54 Å². The maximum Gasteiger partial charge on any atom is 0.433 e. The molecule has 1 fully saturated rings. The van der Waals surface area contributed by atoms with Crippen molar-refractivity contribution in [2.45, 2.75) is 19.2 Å². The maximum atomic E-state index is 12.8. The smallest absolute Gasteiger partial charge is 0.433 e. The Labute approximate surface area is 153 Å². The third-order valence-corrected chi connectivity index (χ3v) is 3.78. The summed E-state index contributed by atoms with van der Waals surface area (Å²) < 4.78 is 23.3. The van der Waals surface area contributed by atoms with Gasteiger partial charge in [0.25, 0.3) is 0 Å². The largest absolute Gasteiger partial charge is 0.439 e. The molecule has 3 N–H and O–H groups in total. The number of urea groups is 1. The van der Waals surface area contributed by atoms with Crippen molar-refractivity contribution in [2.24, 2.45) is 0 Å². The number of halogens is 1. The third kappa shape index (κ3) is 4.61. The number of nitrogens with one attached hydrogen (secondary N) is 2. The second kappa shape index (κ2) is 7.46. The van der Waals surface area contributed by atoms with E-state index < -0.39 is 23.7 Å². The number of amides is 3. The predicted molar refractivity (Wildman–Crippen MR) is 89.5 cm³/mol. The molecular formula is C17H17FN4O5. The van der Waals surface area contributed by atoms with Crippen LogP contribution < -0.4 is 15.5 Å². The van der Waals surface area contributed by atoms with Crippen LogP contribution >= 0.6 is 0 Å². The number of hydrogen-bond acceptors (Lipinski definition) is 6. The monoisotopic (exact) mass is 376 g/mol. The van der Waals surface area contributed by atoms with Crippen LogP contribution in [0.25, 0.3) is 0 Å². The van der Waals surface area contributed by atoms with E-state index in [0.717, 1.165) is 11.8 Å². The molecule has 1 atom stereocenters. The summed E-state index contributed by atoms with van der Waals surface area (Å²) in [6.07, 6.45) is 0.00165. The van der Waals surface area contributed by atoms with E-state index in [2.05, 4.69) is 10.3 Å². The van der Waals surface area contributed by atoms with Crippen molar-refractivity contribution in [1.29, 1.82) is 0 Å². The zero-order valence-electron chi connectivity index (χ0n) is 14.3. The molecule has 0 unspecified atom stereocenters. The van der Waals surface area contributed by atoms with Crippen LogP contribution in [0, 0.1) is 5.82 Å². The van der Waals surface area contributed by atoms with Crippen LogP contribution in [-0.2, 0) is 11.3 Å². The fourth-order valence-electron chi connectivity index (χ4n) is 2.62. The first kappa shape index (κ1) is 18.4. The van der Waals surface area contributed by atoms with Crippen LogP contribution in [0.2, 0.25) is 0 Å². The molecule has 1 saturated heterocycles. The van der Waals surface area contributed by atoms with E-state index >= 15 is 0 Å². The first-order valence-electron chi connectivity index (χ1n) is 7.95. The summed E-state index contributed by atoms with van der Waals surface area (Å²) in [5.41, 5.74) is 0.926. The summed E-state index contributed by atoms with van der Waals surface area (Å²) in [5.74, 6) is 0.323. The van der Waals surface area contributed by atoms with Crippen molar-refractivity contribution in [3.63, 3.8) is 0 Å². The molecule has 10 heteroatoms. The molecule has 2 heterocycles. The average molecular weight is 376 g/mol. The molecule has 0 saturated carbocycles. The molecular weight excluding hydrogens is 359 g/mol. The Morgan fingerprint density at radius 3 is 2.74 bits per heavy atom. The lowest BCUT2D eigenvalue weighted by Crippen LogP contribution is -2.46. The van der Waals surface area contributed by atoms with Gasteiger partial charge in [-0.15, -0.1) is 0 Å². The van der Waals surface area contributed by atoms with Gasteiger partial charge in [-0.25, -0.2) is 24.4 Å². The number of rotatable bonds is 5. The van der Waals surface area contributed by atoms with Gasteiger partial charge in [0.05, 0.1) is 12.7 Å². The number of nitrogens with zero attached hydrogens (tertiary/aromatic N) is 2. The number of ether oxygens (including phenoxy) is 2. The molecule has 2 aromatic rings. The molecule has 27 heavy (non-hydrogen) atoms. The zero-order valence-corrected chi connectivity index (χ0v) is 14.3. The number of hydroxylamine groups is 1. The molecule has 1 aliphatic rings. The van der Waals surface area contributed by atoms with Crippen molar-refractivity contribution >= 4 is 12.1 Å². The summed E-state index contributed by atoms with van der Waals surface area (Å²) in [7, 11) is 0. The highest BCUT2D eigenvalue weighted by Gasteiger charge is 2.41. The summed E-state index contributed by atoms with van der Waals surface area (Å²) in [5, 5.41) is 11.1. The quantitative estimate of drug-likeness (QED) is 0.545. The van der Waals surface area contributed by atoms with Gasteiger partial charge in [0.1, 0.15) is 11.6 Å². The Morgan fingerprint density at radius 2 is 2.11 bits per heavy atom. The maximum absolute atomic E-state index is 12.8. The van der Waals surface area contributed by atoms with Crippen LogP contribution in [0.5, 0.6) is 11.6 Å². The summed E-state index contributed by atoms with van der Waals surface area (Å²) >= 11 is 0. The van der Waals surface area contributed by atoms with Crippen LogP contribution in [-0.4, -0.2) is 39.5 Å². The summed E-state index contributed by atoms with van der Waals surface area (Å²) in [6, 6.07) is 9.19. The lowest BCUT2D eigenvalue weighted by Gasteiger charge is -2.23. The molecule has 1 aliphatic heterocycles. The van der Waals surface area contributed by atoms with Gasteiger partial charge < -0.3 is 14.4 Å².